The van der Waals surface area contributed by atoms with Crippen LogP contribution in [0.5, 0.6) is 5.75 Å². The van der Waals surface area contributed by atoms with Gasteiger partial charge in [-0.3, -0.25) is 4.79 Å². The van der Waals surface area contributed by atoms with Crippen LogP contribution in [-0.4, -0.2) is 38.8 Å². The van der Waals surface area contributed by atoms with Crippen LogP contribution >= 0.6 is 0 Å². The normalized spacial score (nSPS) is 17.7. The first kappa shape index (κ1) is 21.3. The standard InChI is InChI=1S/C21H25FN2O4S/c1-15-4-3-11-24(14-15)29(26,27)18-8-6-17(7-9-18)23-21(25)13-16-5-10-20(28-2)19(22)12-16/h5-10,12,15H,3-4,11,13-14H2,1-2H3,(H,23,25). The number of carbonyl (C=O) groups is 1. The Labute approximate surface area is 170 Å². The second kappa shape index (κ2) is 8.92. The van der Waals surface area contributed by atoms with Gasteiger partial charge in [0.2, 0.25) is 15.9 Å². The summed E-state index contributed by atoms with van der Waals surface area (Å²) < 4.78 is 45.7. The largest absolute Gasteiger partial charge is 0.494 e. The number of methoxy groups -OCH3 is 1. The van der Waals surface area contributed by atoms with E-state index in [4.69, 9.17) is 4.74 Å². The first-order chi connectivity index (χ1) is 13.8. The van der Waals surface area contributed by atoms with E-state index in [-0.39, 0.29) is 23.0 Å². The van der Waals surface area contributed by atoms with Gasteiger partial charge >= 0.3 is 0 Å². The van der Waals surface area contributed by atoms with E-state index in [2.05, 4.69) is 12.2 Å². The Hall–Kier alpha value is -2.45. The maximum Gasteiger partial charge on any atom is 0.243 e. The van der Waals surface area contributed by atoms with Crippen molar-refractivity contribution in [3.05, 3.63) is 53.8 Å². The number of anilines is 1. The molecule has 1 N–H and O–H groups in total. The zero-order valence-corrected chi connectivity index (χ0v) is 17.3. The molecular weight excluding hydrogens is 395 g/mol. The molecule has 6 nitrogen and oxygen atoms in total. The highest BCUT2D eigenvalue weighted by Gasteiger charge is 2.28. The molecule has 1 saturated heterocycles. The van der Waals surface area contributed by atoms with E-state index in [0.29, 0.717) is 30.3 Å². The number of hydrogen-bond donors (Lipinski definition) is 1. The van der Waals surface area contributed by atoms with E-state index in [0.717, 1.165) is 12.8 Å². The summed E-state index contributed by atoms with van der Waals surface area (Å²) in [6.45, 7) is 3.11. The van der Waals surface area contributed by atoms with Gasteiger partial charge in [0, 0.05) is 18.8 Å². The van der Waals surface area contributed by atoms with Gasteiger partial charge in [-0.2, -0.15) is 4.31 Å². The quantitative estimate of drug-likeness (QED) is 0.777. The number of amides is 1. The summed E-state index contributed by atoms with van der Waals surface area (Å²) in [7, 11) is -2.16. The Morgan fingerprint density at radius 3 is 2.59 bits per heavy atom. The molecule has 8 heteroatoms. The first-order valence-corrected chi connectivity index (χ1v) is 11.0. The van der Waals surface area contributed by atoms with Gasteiger partial charge < -0.3 is 10.1 Å². The van der Waals surface area contributed by atoms with Crippen LogP contribution in [0.4, 0.5) is 10.1 Å². The van der Waals surface area contributed by atoms with E-state index in [1.807, 2.05) is 0 Å². The maximum absolute atomic E-state index is 13.7. The van der Waals surface area contributed by atoms with Crippen molar-refractivity contribution in [3.8, 4) is 5.75 Å². The van der Waals surface area contributed by atoms with E-state index in [9.17, 15) is 17.6 Å². The minimum absolute atomic E-state index is 0.00731. The van der Waals surface area contributed by atoms with E-state index in [1.54, 1.807) is 18.2 Å². The minimum atomic E-state index is -3.53. The number of nitrogens with zero attached hydrogens (tertiary/aromatic N) is 1. The number of carbonyl (C=O) groups excluding carboxylic acids is 1. The summed E-state index contributed by atoms with van der Waals surface area (Å²) >= 11 is 0. The van der Waals surface area contributed by atoms with Crippen molar-refractivity contribution < 1.29 is 22.3 Å². The van der Waals surface area contributed by atoms with E-state index >= 15 is 0 Å². The lowest BCUT2D eigenvalue weighted by atomic mass is 10.0. The average Bonchev–Trinajstić information content (AvgIpc) is 2.68. The zero-order valence-electron chi connectivity index (χ0n) is 16.5. The predicted octanol–water partition coefficient (Wildman–Crippen LogP) is 3.44. The third-order valence-corrected chi connectivity index (χ3v) is 6.86. The SMILES string of the molecule is COc1ccc(CC(=O)Nc2ccc(S(=O)(=O)N3CCCC(C)C3)cc2)cc1F. The molecule has 156 valence electrons. The van der Waals surface area contributed by atoms with Crippen molar-refractivity contribution in [2.45, 2.75) is 31.1 Å². The van der Waals surface area contributed by atoms with Crippen molar-refractivity contribution in [2.24, 2.45) is 5.92 Å². The van der Waals surface area contributed by atoms with E-state index < -0.39 is 15.8 Å². The molecule has 2 aromatic carbocycles. The lowest BCUT2D eigenvalue weighted by Crippen LogP contribution is -2.39. The summed E-state index contributed by atoms with van der Waals surface area (Å²) in [5, 5.41) is 2.70. The fourth-order valence-electron chi connectivity index (χ4n) is 3.43. The predicted molar refractivity (Wildman–Crippen MR) is 109 cm³/mol. The molecule has 2 aromatic rings. The Balaban J connectivity index is 1.64. The fraction of sp³-hybridized carbons (Fsp3) is 0.381. The van der Waals surface area contributed by atoms with Crippen molar-refractivity contribution in [1.82, 2.24) is 4.31 Å². The van der Waals surface area contributed by atoms with Gasteiger partial charge in [0.1, 0.15) is 0 Å². The van der Waals surface area contributed by atoms with Gasteiger partial charge in [-0.05, 0) is 60.7 Å². The lowest BCUT2D eigenvalue weighted by Gasteiger charge is -2.30. The van der Waals surface area contributed by atoms with Gasteiger partial charge in [0.05, 0.1) is 18.4 Å². The van der Waals surface area contributed by atoms with Crippen LogP contribution in [0.2, 0.25) is 0 Å². The van der Waals surface area contributed by atoms with Crippen LogP contribution < -0.4 is 10.1 Å². The highest BCUT2D eigenvalue weighted by atomic mass is 32.2. The van der Waals surface area contributed by atoms with Crippen LogP contribution in [0.1, 0.15) is 25.3 Å². The molecule has 0 bridgehead atoms. The Bertz CT molecular complexity index is 977. The van der Waals surface area contributed by atoms with Gasteiger partial charge in [0.25, 0.3) is 0 Å². The molecule has 1 aliphatic heterocycles. The number of halogens is 1. The van der Waals surface area contributed by atoms with Gasteiger partial charge in [-0.25, -0.2) is 12.8 Å². The summed E-state index contributed by atoms with van der Waals surface area (Å²) in [6.07, 6.45) is 1.89. The van der Waals surface area contributed by atoms with Crippen LogP contribution in [0, 0.1) is 11.7 Å². The van der Waals surface area contributed by atoms with Gasteiger partial charge in [0.15, 0.2) is 11.6 Å². The zero-order chi connectivity index (χ0) is 21.0. The Morgan fingerprint density at radius 1 is 1.24 bits per heavy atom. The highest BCUT2D eigenvalue weighted by molar-refractivity contribution is 7.89. The fourth-order valence-corrected chi connectivity index (χ4v) is 5.03. The number of nitrogens with one attached hydrogen (secondary N) is 1. The molecule has 1 aliphatic rings. The second-order valence-corrected chi connectivity index (χ2v) is 9.27. The van der Waals surface area contributed by atoms with Crippen molar-refractivity contribution >= 4 is 21.6 Å². The van der Waals surface area contributed by atoms with Crippen LogP contribution in [-0.2, 0) is 21.2 Å². The number of benzene rings is 2. The number of piperidine rings is 1. The topological polar surface area (TPSA) is 75.7 Å². The van der Waals surface area contributed by atoms with Crippen molar-refractivity contribution in [3.63, 3.8) is 0 Å². The molecule has 29 heavy (non-hydrogen) atoms. The molecule has 1 fully saturated rings. The molecule has 0 spiro atoms. The molecule has 1 atom stereocenters. The lowest BCUT2D eigenvalue weighted by molar-refractivity contribution is -0.115. The molecule has 1 unspecified atom stereocenters. The van der Waals surface area contributed by atoms with Gasteiger partial charge in [-0.1, -0.05) is 13.0 Å². The number of sulfonamides is 1. The molecule has 3 rings (SSSR count). The first-order valence-electron chi connectivity index (χ1n) is 9.52. The van der Waals surface area contributed by atoms with Crippen LogP contribution in [0.15, 0.2) is 47.4 Å². The van der Waals surface area contributed by atoms with Crippen LogP contribution in [0.25, 0.3) is 0 Å². The Kier molecular flexibility index (Phi) is 6.54. The molecule has 1 amide bonds. The summed E-state index contributed by atoms with van der Waals surface area (Å²) in [5.41, 5.74) is 0.995. The maximum atomic E-state index is 13.7. The third kappa shape index (κ3) is 5.13. The molecule has 0 aliphatic carbocycles. The number of rotatable bonds is 6. The van der Waals surface area contributed by atoms with Gasteiger partial charge in [-0.15, -0.1) is 0 Å². The summed E-state index contributed by atoms with van der Waals surface area (Å²) in [6, 6.07) is 10.5. The van der Waals surface area contributed by atoms with Crippen LogP contribution in [0.3, 0.4) is 0 Å². The second-order valence-electron chi connectivity index (χ2n) is 7.33. The number of ether oxygens (including phenoxy) is 1. The third-order valence-electron chi connectivity index (χ3n) is 4.98. The van der Waals surface area contributed by atoms with Crippen molar-refractivity contribution in [2.75, 3.05) is 25.5 Å². The average molecular weight is 421 g/mol. The summed E-state index contributed by atoms with van der Waals surface area (Å²) in [4.78, 5) is 12.4. The van der Waals surface area contributed by atoms with E-state index in [1.165, 1.54) is 35.7 Å². The monoisotopic (exact) mass is 420 g/mol. The molecule has 0 radical (unpaired) electrons. The van der Waals surface area contributed by atoms with Crippen molar-refractivity contribution in [1.29, 1.82) is 0 Å². The molecular formula is C21H25FN2O4S. The minimum Gasteiger partial charge on any atom is -0.494 e. The summed E-state index contributed by atoms with van der Waals surface area (Å²) in [5.74, 6) is -0.386. The molecule has 0 saturated carbocycles. The smallest absolute Gasteiger partial charge is 0.243 e. The molecule has 1 heterocycles. The Morgan fingerprint density at radius 2 is 1.97 bits per heavy atom. The number of hydrogen-bond acceptors (Lipinski definition) is 4. The highest BCUT2D eigenvalue weighted by Crippen LogP contribution is 2.24. The molecule has 0 aromatic heterocycles.